The summed E-state index contributed by atoms with van der Waals surface area (Å²) in [5, 5.41) is 9.55. The summed E-state index contributed by atoms with van der Waals surface area (Å²) in [6.07, 6.45) is 5.88. The zero-order valence-corrected chi connectivity index (χ0v) is 11.0. The van der Waals surface area contributed by atoms with Gasteiger partial charge in [-0.15, -0.1) is 0 Å². The number of piperidine rings is 1. The van der Waals surface area contributed by atoms with Crippen molar-refractivity contribution < 1.29 is 9.90 Å². The maximum absolute atomic E-state index is 12.7. The van der Waals surface area contributed by atoms with E-state index in [1.165, 1.54) is 31.4 Å². The van der Waals surface area contributed by atoms with E-state index < -0.39 is 0 Å². The molecule has 1 amide bonds. The molecule has 1 aromatic carbocycles. The van der Waals surface area contributed by atoms with Crippen molar-refractivity contribution in [3.8, 4) is 5.75 Å². The van der Waals surface area contributed by atoms with Crippen LogP contribution in [0.2, 0.25) is 0 Å². The molecule has 2 aliphatic rings. The minimum absolute atomic E-state index is 0.0231. The Bertz CT molecular complexity index is 501. The van der Waals surface area contributed by atoms with Crippen LogP contribution in [0.5, 0.6) is 5.75 Å². The number of nitrogens with zero attached hydrogens (tertiary/aromatic N) is 1. The van der Waals surface area contributed by atoms with Crippen LogP contribution in [-0.2, 0) is 0 Å². The number of hydrogen-bond acceptors (Lipinski definition) is 3. The fourth-order valence-corrected chi connectivity index (χ4v) is 3.59. The molecular formula is C15H20N2O2. The predicted octanol–water partition coefficient (Wildman–Crippen LogP) is 2.38. The highest BCUT2D eigenvalue weighted by Gasteiger charge is 2.37. The Morgan fingerprint density at radius 3 is 2.89 bits per heavy atom. The molecule has 1 saturated heterocycles. The summed E-state index contributed by atoms with van der Waals surface area (Å²) < 4.78 is 0. The van der Waals surface area contributed by atoms with E-state index in [2.05, 4.69) is 0 Å². The van der Waals surface area contributed by atoms with Crippen LogP contribution in [0.25, 0.3) is 0 Å². The molecule has 4 nitrogen and oxygen atoms in total. The number of benzene rings is 1. The zero-order valence-electron chi connectivity index (χ0n) is 11.0. The molecule has 3 rings (SSSR count). The van der Waals surface area contributed by atoms with Crippen LogP contribution >= 0.6 is 0 Å². The first-order valence-electron chi connectivity index (χ1n) is 7.06. The monoisotopic (exact) mass is 260 g/mol. The normalized spacial score (nSPS) is 26.2. The Morgan fingerprint density at radius 2 is 2.05 bits per heavy atom. The smallest absolute Gasteiger partial charge is 0.256 e. The topological polar surface area (TPSA) is 66.6 Å². The largest absolute Gasteiger partial charge is 0.508 e. The van der Waals surface area contributed by atoms with E-state index in [1.807, 2.05) is 4.90 Å². The molecule has 1 aliphatic heterocycles. The van der Waals surface area contributed by atoms with Gasteiger partial charge in [-0.05, 0) is 49.8 Å². The first kappa shape index (κ1) is 12.3. The summed E-state index contributed by atoms with van der Waals surface area (Å²) in [5.41, 5.74) is 6.76. The van der Waals surface area contributed by atoms with Gasteiger partial charge in [0.1, 0.15) is 5.75 Å². The van der Waals surface area contributed by atoms with Crippen molar-refractivity contribution in [2.75, 3.05) is 12.3 Å². The molecule has 2 atom stereocenters. The number of rotatable bonds is 1. The van der Waals surface area contributed by atoms with Crippen molar-refractivity contribution in [3.05, 3.63) is 23.8 Å². The van der Waals surface area contributed by atoms with Crippen LogP contribution in [0.15, 0.2) is 18.2 Å². The molecule has 3 N–H and O–H groups in total. The number of carbonyl (C=O) groups excluding carboxylic acids is 1. The fraction of sp³-hybridized carbons (Fsp3) is 0.533. The SMILES string of the molecule is Nc1ccc(O)cc1C(=O)N1CCCC2CCCC21. The number of nitrogens with two attached hydrogens (primary N) is 1. The van der Waals surface area contributed by atoms with Gasteiger partial charge in [0.25, 0.3) is 5.91 Å². The van der Waals surface area contributed by atoms with Gasteiger partial charge in [0.2, 0.25) is 0 Å². The lowest BCUT2D eigenvalue weighted by atomic mass is 9.91. The molecule has 0 radical (unpaired) electrons. The minimum Gasteiger partial charge on any atom is -0.508 e. The van der Waals surface area contributed by atoms with E-state index in [-0.39, 0.29) is 11.7 Å². The van der Waals surface area contributed by atoms with Crippen molar-refractivity contribution in [3.63, 3.8) is 0 Å². The van der Waals surface area contributed by atoms with Crippen molar-refractivity contribution in [1.82, 2.24) is 4.90 Å². The molecule has 1 saturated carbocycles. The summed E-state index contributed by atoms with van der Waals surface area (Å²) >= 11 is 0. The van der Waals surface area contributed by atoms with Crippen LogP contribution in [-0.4, -0.2) is 28.5 Å². The van der Waals surface area contributed by atoms with Crippen molar-refractivity contribution >= 4 is 11.6 Å². The van der Waals surface area contributed by atoms with E-state index in [1.54, 1.807) is 6.07 Å². The van der Waals surface area contributed by atoms with Gasteiger partial charge in [-0.3, -0.25) is 4.79 Å². The Kier molecular flexibility index (Phi) is 3.09. The van der Waals surface area contributed by atoms with Crippen LogP contribution in [0, 0.1) is 5.92 Å². The molecular weight excluding hydrogens is 240 g/mol. The average molecular weight is 260 g/mol. The molecule has 19 heavy (non-hydrogen) atoms. The number of hydrogen-bond donors (Lipinski definition) is 2. The van der Waals surface area contributed by atoms with Crippen LogP contribution in [0.1, 0.15) is 42.5 Å². The number of aromatic hydroxyl groups is 1. The van der Waals surface area contributed by atoms with Gasteiger partial charge in [0.05, 0.1) is 5.56 Å². The van der Waals surface area contributed by atoms with E-state index in [4.69, 9.17) is 5.73 Å². The molecule has 0 aromatic heterocycles. The van der Waals surface area contributed by atoms with Gasteiger partial charge in [-0.25, -0.2) is 0 Å². The highest BCUT2D eigenvalue weighted by Crippen LogP contribution is 2.37. The first-order valence-corrected chi connectivity index (χ1v) is 7.06. The summed E-state index contributed by atoms with van der Waals surface area (Å²) in [6.45, 7) is 0.815. The highest BCUT2D eigenvalue weighted by molar-refractivity contribution is 5.99. The fourth-order valence-electron chi connectivity index (χ4n) is 3.59. The minimum atomic E-state index is -0.0231. The molecule has 1 heterocycles. The highest BCUT2D eigenvalue weighted by atomic mass is 16.3. The average Bonchev–Trinajstić information content (AvgIpc) is 2.89. The van der Waals surface area contributed by atoms with Gasteiger partial charge in [-0.2, -0.15) is 0 Å². The molecule has 1 aromatic rings. The van der Waals surface area contributed by atoms with E-state index in [0.717, 1.165) is 19.4 Å². The maximum Gasteiger partial charge on any atom is 0.256 e. The quantitative estimate of drug-likeness (QED) is 0.602. The van der Waals surface area contributed by atoms with Crippen molar-refractivity contribution in [1.29, 1.82) is 0 Å². The third-order valence-corrected chi connectivity index (χ3v) is 4.52. The van der Waals surface area contributed by atoms with E-state index >= 15 is 0 Å². The Hall–Kier alpha value is -1.71. The van der Waals surface area contributed by atoms with Gasteiger partial charge in [-0.1, -0.05) is 6.42 Å². The van der Waals surface area contributed by atoms with Gasteiger partial charge >= 0.3 is 0 Å². The molecule has 0 bridgehead atoms. The number of phenols is 1. The Morgan fingerprint density at radius 1 is 1.26 bits per heavy atom. The van der Waals surface area contributed by atoms with Gasteiger partial charge in [0.15, 0.2) is 0 Å². The maximum atomic E-state index is 12.7. The number of carbonyl (C=O) groups is 1. The second kappa shape index (κ2) is 4.76. The molecule has 1 aliphatic carbocycles. The van der Waals surface area contributed by atoms with Crippen LogP contribution < -0.4 is 5.73 Å². The third-order valence-electron chi connectivity index (χ3n) is 4.52. The number of likely N-dealkylation sites (tertiary alicyclic amines) is 1. The Labute approximate surface area is 113 Å². The van der Waals surface area contributed by atoms with E-state index in [0.29, 0.717) is 23.2 Å². The van der Waals surface area contributed by atoms with Gasteiger partial charge in [0, 0.05) is 18.3 Å². The van der Waals surface area contributed by atoms with Crippen molar-refractivity contribution in [2.24, 2.45) is 5.92 Å². The Balaban J connectivity index is 1.88. The molecule has 102 valence electrons. The number of anilines is 1. The number of nitrogen functional groups attached to an aromatic ring is 1. The van der Waals surface area contributed by atoms with Gasteiger partial charge < -0.3 is 15.7 Å². The van der Waals surface area contributed by atoms with Crippen LogP contribution in [0.3, 0.4) is 0 Å². The number of phenolic OH excluding ortho intramolecular Hbond substituents is 1. The lowest BCUT2D eigenvalue weighted by Crippen LogP contribution is -2.46. The zero-order chi connectivity index (χ0) is 13.4. The third kappa shape index (κ3) is 2.15. The lowest BCUT2D eigenvalue weighted by Gasteiger charge is -2.38. The molecule has 4 heteroatoms. The molecule has 2 fully saturated rings. The lowest BCUT2D eigenvalue weighted by molar-refractivity contribution is 0.0549. The summed E-state index contributed by atoms with van der Waals surface area (Å²) in [5.74, 6) is 0.735. The standard InChI is InChI=1S/C15H20N2O2/c16-13-7-6-11(18)9-12(13)15(19)17-8-2-4-10-3-1-5-14(10)17/h6-7,9-10,14,18H,1-5,8,16H2. The van der Waals surface area contributed by atoms with Crippen LogP contribution in [0.4, 0.5) is 5.69 Å². The van der Waals surface area contributed by atoms with Crippen molar-refractivity contribution in [2.45, 2.75) is 38.1 Å². The second-order valence-corrected chi connectivity index (χ2v) is 5.67. The second-order valence-electron chi connectivity index (χ2n) is 5.67. The summed E-state index contributed by atoms with van der Waals surface area (Å²) in [6, 6.07) is 4.97. The molecule has 2 unspecified atom stereocenters. The first-order chi connectivity index (χ1) is 9.16. The number of fused-ring (bicyclic) bond motifs is 1. The summed E-state index contributed by atoms with van der Waals surface area (Å²) in [7, 11) is 0. The van der Waals surface area contributed by atoms with E-state index in [9.17, 15) is 9.90 Å². The predicted molar refractivity (Wildman–Crippen MR) is 73.9 cm³/mol. The summed E-state index contributed by atoms with van der Waals surface area (Å²) in [4.78, 5) is 14.6. The molecule has 0 spiro atoms. The number of amides is 1.